The van der Waals surface area contributed by atoms with Crippen LogP contribution in [0.5, 0.6) is 17.2 Å². The van der Waals surface area contributed by atoms with Crippen molar-refractivity contribution >= 4 is 18.1 Å². The van der Waals surface area contributed by atoms with Gasteiger partial charge in [0, 0.05) is 6.92 Å². The van der Waals surface area contributed by atoms with Crippen LogP contribution in [0.15, 0.2) is 60.2 Å². The zero-order chi connectivity index (χ0) is 19.6. The number of esters is 1. The number of hydrazone groups is 1. The molecule has 0 aliphatic rings. The molecule has 7 heteroatoms. The van der Waals surface area contributed by atoms with Gasteiger partial charge in [-0.1, -0.05) is 24.8 Å². The summed E-state index contributed by atoms with van der Waals surface area (Å²) in [5.74, 6) is 0.273. The van der Waals surface area contributed by atoms with Gasteiger partial charge in [-0.05, 0) is 35.9 Å². The Morgan fingerprint density at radius 1 is 1.15 bits per heavy atom. The van der Waals surface area contributed by atoms with Crippen LogP contribution in [0, 0.1) is 0 Å². The van der Waals surface area contributed by atoms with Gasteiger partial charge >= 0.3 is 5.97 Å². The zero-order valence-corrected chi connectivity index (χ0v) is 15.1. The van der Waals surface area contributed by atoms with E-state index in [1.54, 1.807) is 48.5 Å². The van der Waals surface area contributed by atoms with Crippen LogP contribution in [0.2, 0.25) is 0 Å². The third-order valence-electron chi connectivity index (χ3n) is 3.31. The topological polar surface area (TPSA) is 86.2 Å². The number of rotatable bonds is 8. The molecular weight excluding hydrogens is 348 g/mol. The van der Waals surface area contributed by atoms with E-state index >= 15 is 0 Å². The molecule has 1 N–H and O–H groups in total. The lowest BCUT2D eigenvalue weighted by atomic mass is 10.2. The van der Waals surface area contributed by atoms with Gasteiger partial charge in [0.25, 0.3) is 5.91 Å². The largest absolute Gasteiger partial charge is 0.493 e. The van der Waals surface area contributed by atoms with Gasteiger partial charge in [-0.2, -0.15) is 5.10 Å². The Balaban J connectivity index is 2.08. The third-order valence-corrected chi connectivity index (χ3v) is 3.31. The van der Waals surface area contributed by atoms with Gasteiger partial charge < -0.3 is 14.2 Å². The van der Waals surface area contributed by atoms with Gasteiger partial charge in [0.15, 0.2) is 11.5 Å². The Morgan fingerprint density at radius 3 is 2.63 bits per heavy atom. The van der Waals surface area contributed by atoms with Crippen LogP contribution in [-0.2, 0) is 4.79 Å². The molecule has 1 amide bonds. The second-order valence-electron chi connectivity index (χ2n) is 5.30. The number of nitrogens with one attached hydrogen (secondary N) is 1. The maximum absolute atomic E-state index is 12.3. The summed E-state index contributed by atoms with van der Waals surface area (Å²) in [5, 5.41) is 3.94. The Bertz CT molecular complexity index is 861. The number of hydrogen-bond donors (Lipinski definition) is 1. The highest BCUT2D eigenvalue weighted by atomic mass is 16.6. The van der Waals surface area contributed by atoms with Crippen molar-refractivity contribution in [2.75, 3.05) is 13.7 Å². The molecule has 0 fully saturated rings. The van der Waals surface area contributed by atoms with E-state index in [1.807, 2.05) is 0 Å². The predicted molar refractivity (Wildman–Crippen MR) is 101 cm³/mol. The average molecular weight is 368 g/mol. The van der Waals surface area contributed by atoms with Gasteiger partial charge in [-0.15, -0.1) is 0 Å². The molecule has 2 aromatic rings. The van der Waals surface area contributed by atoms with Gasteiger partial charge in [0.2, 0.25) is 0 Å². The molecular formula is C20H20N2O5. The van der Waals surface area contributed by atoms with Gasteiger partial charge in [-0.3, -0.25) is 9.59 Å². The monoisotopic (exact) mass is 368 g/mol. The van der Waals surface area contributed by atoms with Gasteiger partial charge in [-0.25, -0.2) is 5.43 Å². The smallest absolute Gasteiger partial charge is 0.308 e. The second-order valence-corrected chi connectivity index (χ2v) is 5.30. The summed E-state index contributed by atoms with van der Waals surface area (Å²) in [6.07, 6.45) is 3.05. The molecule has 0 saturated carbocycles. The second kappa shape index (κ2) is 9.76. The first-order valence-corrected chi connectivity index (χ1v) is 8.07. The third kappa shape index (κ3) is 5.71. The van der Waals surface area contributed by atoms with Crippen LogP contribution < -0.4 is 19.6 Å². The van der Waals surface area contributed by atoms with E-state index in [-0.39, 0.29) is 0 Å². The molecule has 2 rings (SSSR count). The van der Waals surface area contributed by atoms with E-state index in [4.69, 9.17) is 14.2 Å². The number of methoxy groups -OCH3 is 1. The van der Waals surface area contributed by atoms with Crippen LogP contribution >= 0.6 is 0 Å². The molecule has 2 aromatic carbocycles. The van der Waals surface area contributed by atoms with E-state index in [0.717, 1.165) is 0 Å². The van der Waals surface area contributed by atoms with Crippen LogP contribution in [0.4, 0.5) is 0 Å². The minimum Gasteiger partial charge on any atom is -0.493 e. The number of para-hydroxylation sites is 1. The van der Waals surface area contributed by atoms with Gasteiger partial charge in [0.05, 0.1) is 18.9 Å². The number of hydrogen-bond acceptors (Lipinski definition) is 6. The molecule has 140 valence electrons. The van der Waals surface area contributed by atoms with Crippen molar-refractivity contribution in [1.82, 2.24) is 5.43 Å². The van der Waals surface area contributed by atoms with Crippen LogP contribution in [-0.4, -0.2) is 31.8 Å². The van der Waals surface area contributed by atoms with Crippen LogP contribution in [0.25, 0.3) is 0 Å². The molecule has 7 nitrogen and oxygen atoms in total. The highest BCUT2D eigenvalue weighted by Gasteiger charge is 2.11. The average Bonchev–Trinajstić information content (AvgIpc) is 2.67. The summed E-state index contributed by atoms with van der Waals surface area (Å²) in [7, 11) is 1.46. The van der Waals surface area contributed by atoms with E-state index in [1.165, 1.54) is 20.2 Å². The van der Waals surface area contributed by atoms with Crippen molar-refractivity contribution in [3.8, 4) is 17.2 Å². The minimum atomic E-state index is -0.445. The number of carbonyl (C=O) groups is 2. The fourth-order valence-electron chi connectivity index (χ4n) is 2.16. The zero-order valence-electron chi connectivity index (χ0n) is 15.1. The van der Waals surface area contributed by atoms with E-state index < -0.39 is 11.9 Å². The van der Waals surface area contributed by atoms with Crippen molar-refractivity contribution < 1.29 is 23.8 Å². The Hall–Kier alpha value is -3.61. The lowest BCUT2D eigenvalue weighted by molar-refractivity contribution is -0.132. The summed E-state index contributed by atoms with van der Waals surface area (Å²) in [6.45, 7) is 5.18. The highest BCUT2D eigenvalue weighted by Crippen LogP contribution is 2.27. The van der Waals surface area contributed by atoms with Crippen molar-refractivity contribution in [3.05, 3.63) is 66.2 Å². The number of amides is 1. The van der Waals surface area contributed by atoms with Gasteiger partial charge in [0.1, 0.15) is 12.4 Å². The van der Waals surface area contributed by atoms with E-state index in [2.05, 4.69) is 17.1 Å². The summed E-state index contributed by atoms with van der Waals surface area (Å²) in [4.78, 5) is 23.4. The standard InChI is InChI=1S/C20H20N2O5/c1-4-11-26-17-8-6-5-7-16(17)20(24)22-21-13-15-9-10-18(27-14(2)23)19(12-15)25-3/h4-10,12-13H,1,11H2,2-3H3,(H,22,24). The summed E-state index contributed by atoms with van der Waals surface area (Å²) in [5.41, 5.74) is 3.46. The fraction of sp³-hybridized carbons (Fsp3) is 0.150. The number of ether oxygens (including phenoxy) is 3. The van der Waals surface area contributed by atoms with Crippen molar-refractivity contribution in [2.24, 2.45) is 5.10 Å². The summed E-state index contributed by atoms with van der Waals surface area (Å²) >= 11 is 0. The van der Waals surface area contributed by atoms with E-state index in [9.17, 15) is 9.59 Å². The molecule has 0 atom stereocenters. The molecule has 0 saturated heterocycles. The molecule has 0 spiro atoms. The number of carbonyl (C=O) groups excluding carboxylic acids is 2. The lowest BCUT2D eigenvalue weighted by Crippen LogP contribution is -2.18. The molecule has 0 heterocycles. The van der Waals surface area contributed by atoms with Crippen LogP contribution in [0.1, 0.15) is 22.8 Å². The molecule has 0 radical (unpaired) electrons. The molecule has 0 aliphatic carbocycles. The summed E-state index contributed by atoms with van der Waals surface area (Å²) < 4.78 is 15.7. The van der Waals surface area contributed by atoms with E-state index in [0.29, 0.717) is 35.0 Å². The summed E-state index contributed by atoms with van der Waals surface area (Å²) in [6, 6.07) is 11.7. The molecule has 0 unspecified atom stereocenters. The fourth-order valence-corrected chi connectivity index (χ4v) is 2.16. The number of benzene rings is 2. The molecule has 0 aliphatic heterocycles. The normalized spacial score (nSPS) is 10.3. The maximum Gasteiger partial charge on any atom is 0.308 e. The maximum atomic E-state index is 12.3. The lowest BCUT2D eigenvalue weighted by Gasteiger charge is -2.09. The van der Waals surface area contributed by atoms with Crippen molar-refractivity contribution in [2.45, 2.75) is 6.92 Å². The highest BCUT2D eigenvalue weighted by molar-refractivity contribution is 5.97. The first kappa shape index (κ1) is 19.7. The Kier molecular flexibility index (Phi) is 7.13. The predicted octanol–water partition coefficient (Wildman–Crippen LogP) is 2.95. The first-order chi connectivity index (χ1) is 13.0. The molecule has 27 heavy (non-hydrogen) atoms. The van der Waals surface area contributed by atoms with Crippen LogP contribution in [0.3, 0.4) is 0 Å². The Morgan fingerprint density at radius 2 is 1.93 bits per heavy atom. The van der Waals surface area contributed by atoms with Crippen molar-refractivity contribution in [1.29, 1.82) is 0 Å². The molecule has 0 aromatic heterocycles. The minimum absolute atomic E-state index is 0.294. The first-order valence-electron chi connectivity index (χ1n) is 8.07. The number of nitrogens with zero attached hydrogens (tertiary/aromatic N) is 1. The van der Waals surface area contributed by atoms with Crippen molar-refractivity contribution in [3.63, 3.8) is 0 Å². The molecule has 0 bridgehead atoms. The quantitative estimate of drug-likeness (QED) is 0.255. The Labute approximate surface area is 157 Å². The SMILES string of the molecule is C=CCOc1ccccc1C(=O)NN=Cc1ccc(OC(C)=O)c(OC)c1.